The fourth-order valence-electron chi connectivity index (χ4n) is 3.63. The Kier molecular flexibility index (Phi) is 7.09. The summed E-state index contributed by atoms with van der Waals surface area (Å²) in [7, 11) is 0. The van der Waals surface area contributed by atoms with Crippen LogP contribution in [0.4, 0.5) is 0 Å². The molecule has 2 aromatic carbocycles. The lowest BCUT2D eigenvalue weighted by Crippen LogP contribution is -2.11. The second-order valence-electron chi connectivity index (χ2n) is 7.46. The molecule has 0 aliphatic heterocycles. The van der Waals surface area contributed by atoms with Gasteiger partial charge in [-0.25, -0.2) is 4.79 Å². The van der Waals surface area contributed by atoms with Crippen LogP contribution >= 0.6 is 46.1 Å². The summed E-state index contributed by atoms with van der Waals surface area (Å²) in [5, 5.41) is 19.5. The van der Waals surface area contributed by atoms with E-state index in [1.165, 1.54) is 23.5 Å². The number of aromatic carboxylic acids is 1. The third-order valence-corrected chi connectivity index (χ3v) is 7.77. The standard InChI is InChI=1S/C24H18Cl3N3O3S/c1-3-13-10-17(22(31)15-6-4-5-7-18(15)25)23(34-13)30-12(2)28-29-20(30)11-16-14(24(32)33)8-9-19(26)21(16)27/h4-10H,3,11H2,1-2H3,(H,32,33). The molecule has 174 valence electrons. The van der Waals surface area contributed by atoms with Gasteiger partial charge in [0.25, 0.3) is 0 Å². The normalized spacial score (nSPS) is 11.1. The smallest absolute Gasteiger partial charge is 0.336 e. The zero-order chi connectivity index (χ0) is 24.6. The van der Waals surface area contributed by atoms with Crippen LogP contribution in [-0.4, -0.2) is 31.6 Å². The van der Waals surface area contributed by atoms with Crippen LogP contribution in [0.1, 0.15) is 55.3 Å². The lowest BCUT2D eigenvalue weighted by molar-refractivity contribution is 0.0695. The molecule has 2 heterocycles. The first-order valence-corrected chi connectivity index (χ1v) is 12.2. The fourth-order valence-corrected chi connectivity index (χ4v) is 5.42. The van der Waals surface area contributed by atoms with Crippen LogP contribution in [0.3, 0.4) is 0 Å². The molecule has 0 amide bonds. The second kappa shape index (κ2) is 9.88. The van der Waals surface area contributed by atoms with Gasteiger partial charge in [-0.05, 0) is 49.2 Å². The number of aryl methyl sites for hydroxylation is 2. The Morgan fingerprint density at radius 3 is 2.41 bits per heavy atom. The number of ketones is 1. The molecular formula is C24H18Cl3N3O3S. The molecule has 1 N–H and O–H groups in total. The van der Waals surface area contributed by atoms with Gasteiger partial charge in [-0.2, -0.15) is 0 Å². The Balaban J connectivity index is 1.87. The maximum atomic E-state index is 13.5. The molecule has 10 heteroatoms. The van der Waals surface area contributed by atoms with Crippen molar-refractivity contribution in [3.05, 3.63) is 96.3 Å². The van der Waals surface area contributed by atoms with Crippen molar-refractivity contribution in [3.63, 3.8) is 0 Å². The topological polar surface area (TPSA) is 85.1 Å². The van der Waals surface area contributed by atoms with Crippen molar-refractivity contribution in [2.45, 2.75) is 26.7 Å². The zero-order valence-corrected chi connectivity index (χ0v) is 21.2. The lowest BCUT2D eigenvalue weighted by atomic mass is 10.0. The van der Waals surface area contributed by atoms with Crippen LogP contribution in [0.5, 0.6) is 0 Å². The van der Waals surface area contributed by atoms with E-state index in [1.807, 2.05) is 13.0 Å². The van der Waals surface area contributed by atoms with Gasteiger partial charge in [0.2, 0.25) is 0 Å². The van der Waals surface area contributed by atoms with Gasteiger partial charge in [-0.15, -0.1) is 21.5 Å². The van der Waals surface area contributed by atoms with Crippen molar-refractivity contribution < 1.29 is 14.7 Å². The summed E-state index contributed by atoms with van der Waals surface area (Å²) in [6, 6.07) is 11.6. The highest BCUT2D eigenvalue weighted by Gasteiger charge is 2.25. The van der Waals surface area contributed by atoms with E-state index >= 15 is 0 Å². The zero-order valence-electron chi connectivity index (χ0n) is 18.1. The molecule has 0 aliphatic rings. The molecule has 0 saturated heterocycles. The number of carboxylic acids is 1. The molecule has 0 unspecified atom stereocenters. The van der Waals surface area contributed by atoms with Gasteiger partial charge in [-0.3, -0.25) is 9.36 Å². The van der Waals surface area contributed by atoms with Crippen LogP contribution in [0, 0.1) is 6.92 Å². The Morgan fingerprint density at radius 1 is 1.00 bits per heavy atom. The minimum absolute atomic E-state index is 0.0226. The van der Waals surface area contributed by atoms with Gasteiger partial charge in [0.15, 0.2) is 5.78 Å². The van der Waals surface area contributed by atoms with Crippen molar-refractivity contribution in [2.75, 3.05) is 0 Å². The van der Waals surface area contributed by atoms with E-state index in [-0.39, 0.29) is 27.8 Å². The molecule has 6 nitrogen and oxygen atoms in total. The SMILES string of the molecule is CCc1cc(C(=O)c2ccccc2Cl)c(-n2c(C)nnc2Cc2c(C(=O)O)ccc(Cl)c2Cl)s1. The number of carbonyl (C=O) groups excluding carboxylic acids is 1. The Morgan fingerprint density at radius 2 is 1.74 bits per heavy atom. The van der Waals surface area contributed by atoms with Crippen LogP contribution in [0.25, 0.3) is 5.00 Å². The molecule has 0 aliphatic carbocycles. The minimum atomic E-state index is -1.13. The van der Waals surface area contributed by atoms with E-state index in [0.29, 0.717) is 38.4 Å². The van der Waals surface area contributed by atoms with Gasteiger partial charge in [0.05, 0.1) is 26.2 Å². The third-order valence-electron chi connectivity index (χ3n) is 5.33. The van der Waals surface area contributed by atoms with Crippen LogP contribution < -0.4 is 0 Å². The third kappa shape index (κ3) is 4.49. The monoisotopic (exact) mass is 533 g/mol. The molecule has 0 bridgehead atoms. The van der Waals surface area contributed by atoms with Crippen LogP contribution in [0.2, 0.25) is 15.1 Å². The summed E-state index contributed by atoms with van der Waals surface area (Å²) in [5.74, 6) is -0.373. The number of hydrogen-bond acceptors (Lipinski definition) is 5. The second-order valence-corrected chi connectivity index (χ2v) is 9.77. The van der Waals surface area contributed by atoms with E-state index in [1.54, 1.807) is 35.8 Å². The molecule has 0 spiro atoms. The summed E-state index contributed by atoms with van der Waals surface area (Å²) >= 11 is 20.3. The molecule has 4 aromatic rings. The first-order valence-electron chi connectivity index (χ1n) is 10.3. The summed E-state index contributed by atoms with van der Waals surface area (Å²) in [6.45, 7) is 3.77. The van der Waals surface area contributed by atoms with Gasteiger partial charge >= 0.3 is 5.97 Å². The lowest BCUT2D eigenvalue weighted by Gasteiger charge is -2.12. The average Bonchev–Trinajstić information content (AvgIpc) is 3.39. The number of carboxylic acid groups (broad SMARTS) is 1. The molecule has 0 saturated carbocycles. The largest absolute Gasteiger partial charge is 0.478 e. The van der Waals surface area contributed by atoms with Crippen LogP contribution in [-0.2, 0) is 12.8 Å². The molecule has 34 heavy (non-hydrogen) atoms. The summed E-state index contributed by atoms with van der Waals surface area (Å²) in [5.41, 5.74) is 1.20. The highest BCUT2D eigenvalue weighted by atomic mass is 35.5. The number of carbonyl (C=O) groups is 2. The predicted octanol–water partition coefficient (Wildman–Crippen LogP) is 6.68. The van der Waals surface area contributed by atoms with Crippen molar-refractivity contribution in [1.29, 1.82) is 0 Å². The molecule has 2 aromatic heterocycles. The van der Waals surface area contributed by atoms with E-state index in [4.69, 9.17) is 34.8 Å². The van der Waals surface area contributed by atoms with Gasteiger partial charge < -0.3 is 5.11 Å². The predicted molar refractivity (Wildman–Crippen MR) is 134 cm³/mol. The van der Waals surface area contributed by atoms with Gasteiger partial charge in [0, 0.05) is 16.9 Å². The van der Waals surface area contributed by atoms with E-state index in [2.05, 4.69) is 10.2 Å². The maximum absolute atomic E-state index is 13.5. The van der Waals surface area contributed by atoms with Crippen molar-refractivity contribution in [3.8, 4) is 5.00 Å². The quantitative estimate of drug-likeness (QED) is 0.267. The molecule has 0 radical (unpaired) electrons. The number of nitrogens with zero attached hydrogens (tertiary/aromatic N) is 3. The maximum Gasteiger partial charge on any atom is 0.336 e. The van der Waals surface area contributed by atoms with E-state index in [0.717, 1.165) is 11.3 Å². The minimum Gasteiger partial charge on any atom is -0.478 e. The number of aromatic nitrogens is 3. The first-order chi connectivity index (χ1) is 16.2. The first kappa shape index (κ1) is 24.4. The Bertz CT molecular complexity index is 1430. The summed E-state index contributed by atoms with van der Waals surface area (Å²) in [6.07, 6.45) is 0.786. The number of halogens is 3. The number of rotatable bonds is 7. The summed E-state index contributed by atoms with van der Waals surface area (Å²) in [4.78, 5) is 26.3. The highest BCUT2D eigenvalue weighted by Crippen LogP contribution is 2.34. The van der Waals surface area contributed by atoms with Crippen LogP contribution in [0.15, 0.2) is 42.5 Å². The summed E-state index contributed by atoms with van der Waals surface area (Å²) < 4.78 is 1.76. The number of hydrogen-bond donors (Lipinski definition) is 1. The van der Waals surface area contributed by atoms with Crippen molar-refractivity contribution >= 4 is 57.9 Å². The van der Waals surface area contributed by atoms with Gasteiger partial charge in [0.1, 0.15) is 16.6 Å². The van der Waals surface area contributed by atoms with E-state index in [9.17, 15) is 14.7 Å². The molecule has 0 fully saturated rings. The average molecular weight is 535 g/mol. The van der Waals surface area contributed by atoms with Crippen molar-refractivity contribution in [1.82, 2.24) is 14.8 Å². The Hall–Kier alpha value is -2.71. The van der Waals surface area contributed by atoms with Gasteiger partial charge in [-0.1, -0.05) is 53.9 Å². The van der Waals surface area contributed by atoms with Crippen molar-refractivity contribution in [2.24, 2.45) is 0 Å². The molecule has 4 rings (SSSR count). The number of benzene rings is 2. The molecular weight excluding hydrogens is 517 g/mol. The highest BCUT2D eigenvalue weighted by molar-refractivity contribution is 7.15. The number of thiophene rings is 1. The molecule has 0 atom stereocenters. The Labute approximate surface area is 214 Å². The fraction of sp³-hybridized carbons (Fsp3) is 0.167. The van der Waals surface area contributed by atoms with E-state index < -0.39 is 5.97 Å².